The summed E-state index contributed by atoms with van der Waals surface area (Å²) in [6, 6.07) is 5.07. The van der Waals surface area contributed by atoms with Gasteiger partial charge in [0, 0.05) is 30.6 Å². The first-order chi connectivity index (χ1) is 15.3. The molecule has 1 aromatic carbocycles. The van der Waals surface area contributed by atoms with Crippen LogP contribution in [0.5, 0.6) is 0 Å². The van der Waals surface area contributed by atoms with Crippen LogP contribution in [0.25, 0.3) is 10.9 Å². The lowest BCUT2D eigenvalue weighted by molar-refractivity contribution is -0.0303. The number of nitrogens with zero attached hydrogens (tertiary/aromatic N) is 3. The molecule has 2 amide bonds. The number of aromatic nitrogens is 2. The van der Waals surface area contributed by atoms with Gasteiger partial charge in [-0.25, -0.2) is 4.98 Å². The zero-order valence-corrected chi connectivity index (χ0v) is 20.3. The Morgan fingerprint density at radius 1 is 1.19 bits per heavy atom. The van der Waals surface area contributed by atoms with E-state index < -0.39 is 0 Å². The average molecular weight is 515 g/mol. The molecule has 0 bridgehead atoms. The zero-order valence-electron chi connectivity index (χ0n) is 17.9. The number of H-pyrrole nitrogens is 1. The quantitative estimate of drug-likeness (QED) is 0.562. The minimum absolute atomic E-state index is 0.0347. The Hall–Kier alpha value is -2.52. The number of carbonyl (C=O) groups excluding carboxylic acids is 2. The van der Waals surface area contributed by atoms with E-state index in [-0.39, 0.29) is 22.9 Å². The number of hydrogen-bond acceptors (Lipinski definition) is 5. The van der Waals surface area contributed by atoms with Gasteiger partial charge in [-0.3, -0.25) is 14.4 Å². The van der Waals surface area contributed by atoms with Crippen LogP contribution in [0.3, 0.4) is 0 Å². The van der Waals surface area contributed by atoms with Crippen LogP contribution >= 0.6 is 27.3 Å². The fourth-order valence-corrected chi connectivity index (χ4v) is 6.08. The van der Waals surface area contributed by atoms with E-state index in [1.807, 2.05) is 22.1 Å². The number of benzene rings is 1. The van der Waals surface area contributed by atoms with Gasteiger partial charge in [0.05, 0.1) is 25.8 Å². The monoisotopic (exact) mass is 514 g/mol. The smallest absolute Gasteiger partial charge is 0.258 e. The number of aromatic amines is 1. The highest BCUT2D eigenvalue weighted by atomic mass is 79.9. The number of fused-ring (bicyclic) bond motifs is 1. The molecule has 2 fully saturated rings. The zero-order chi connectivity index (χ0) is 22.6. The molecule has 1 aliphatic carbocycles. The number of thiophene rings is 1. The van der Waals surface area contributed by atoms with Crippen molar-refractivity contribution in [1.29, 1.82) is 0 Å². The number of hydrogen-bond donors (Lipinski definition) is 1. The maximum Gasteiger partial charge on any atom is 0.258 e. The fraction of sp³-hybridized carbons (Fsp3) is 0.391. The van der Waals surface area contributed by atoms with Gasteiger partial charge in [-0.05, 0) is 72.8 Å². The summed E-state index contributed by atoms with van der Waals surface area (Å²) < 4.78 is 0.979. The lowest BCUT2D eigenvalue weighted by atomic mass is 9.73. The van der Waals surface area contributed by atoms with Gasteiger partial charge in [-0.1, -0.05) is 0 Å². The summed E-state index contributed by atoms with van der Waals surface area (Å²) in [4.78, 5) is 49.8. The Balaban J connectivity index is 1.42. The van der Waals surface area contributed by atoms with Crippen LogP contribution in [0.1, 0.15) is 51.4 Å². The molecule has 1 N–H and O–H groups in total. The highest BCUT2D eigenvalue weighted by Crippen LogP contribution is 2.42. The molecule has 5 rings (SSSR count). The minimum Gasteiger partial charge on any atom is -0.334 e. The van der Waals surface area contributed by atoms with Crippen molar-refractivity contribution in [3.63, 3.8) is 0 Å². The highest BCUT2D eigenvalue weighted by Gasteiger charge is 2.49. The second-order valence-corrected chi connectivity index (χ2v) is 10.9. The Morgan fingerprint density at radius 3 is 2.62 bits per heavy atom. The maximum atomic E-state index is 13.5. The van der Waals surface area contributed by atoms with Gasteiger partial charge in [-0.15, -0.1) is 11.3 Å². The molecule has 3 heterocycles. The van der Waals surface area contributed by atoms with E-state index in [9.17, 15) is 14.4 Å². The van der Waals surface area contributed by atoms with Gasteiger partial charge in [0.15, 0.2) is 0 Å². The van der Waals surface area contributed by atoms with E-state index in [4.69, 9.17) is 0 Å². The SMILES string of the molecule is Cc1nc2cc(C(=O)N3CCN(C(=O)c4csc(Br)c4C)CC34CCC4)ccc2c(=O)[nH]1. The van der Waals surface area contributed by atoms with E-state index in [0.717, 1.165) is 34.2 Å². The number of amides is 2. The Kier molecular flexibility index (Phi) is 5.21. The number of carbonyl (C=O) groups is 2. The van der Waals surface area contributed by atoms with Gasteiger partial charge in [0.2, 0.25) is 0 Å². The van der Waals surface area contributed by atoms with Crippen LogP contribution in [-0.2, 0) is 0 Å². The maximum absolute atomic E-state index is 13.5. The second kappa shape index (κ2) is 7.81. The van der Waals surface area contributed by atoms with E-state index in [1.165, 1.54) is 11.3 Å². The predicted octanol–water partition coefficient (Wildman–Crippen LogP) is 3.88. The van der Waals surface area contributed by atoms with E-state index in [1.54, 1.807) is 25.1 Å². The van der Waals surface area contributed by atoms with E-state index in [0.29, 0.717) is 41.9 Å². The summed E-state index contributed by atoms with van der Waals surface area (Å²) in [6.45, 7) is 5.23. The predicted molar refractivity (Wildman–Crippen MR) is 127 cm³/mol. The number of aryl methyl sites for hydroxylation is 1. The van der Waals surface area contributed by atoms with Crippen LogP contribution in [0, 0.1) is 13.8 Å². The lowest BCUT2D eigenvalue weighted by Crippen LogP contribution is -2.67. The topological polar surface area (TPSA) is 86.4 Å². The number of nitrogens with one attached hydrogen (secondary N) is 1. The molecule has 2 aromatic heterocycles. The molecule has 166 valence electrons. The molecule has 2 aliphatic rings. The molecule has 1 saturated heterocycles. The third-order valence-corrected chi connectivity index (χ3v) is 8.77. The van der Waals surface area contributed by atoms with Gasteiger partial charge in [0.1, 0.15) is 5.82 Å². The van der Waals surface area contributed by atoms with Crippen molar-refractivity contribution in [3.05, 3.63) is 60.2 Å². The summed E-state index contributed by atoms with van der Waals surface area (Å²) in [6.07, 6.45) is 2.82. The van der Waals surface area contributed by atoms with Crippen molar-refractivity contribution in [2.75, 3.05) is 19.6 Å². The highest BCUT2D eigenvalue weighted by molar-refractivity contribution is 9.11. The molecule has 32 heavy (non-hydrogen) atoms. The molecule has 9 heteroatoms. The van der Waals surface area contributed by atoms with Crippen LogP contribution < -0.4 is 5.56 Å². The normalized spacial score (nSPS) is 17.6. The standard InChI is InChI=1S/C23H23BrN4O3S/c1-13-17(11-32-19(13)24)22(31)27-8-9-28(23(12-27)6-3-7-23)21(30)15-4-5-16-18(10-15)25-14(2)26-20(16)29/h4-5,10-11H,3,6-9,12H2,1-2H3,(H,25,26,29). The largest absolute Gasteiger partial charge is 0.334 e. The van der Waals surface area contributed by atoms with Crippen LogP contribution in [0.15, 0.2) is 32.2 Å². The summed E-state index contributed by atoms with van der Waals surface area (Å²) in [7, 11) is 0. The first kappa shape index (κ1) is 21.3. The van der Waals surface area contributed by atoms with Gasteiger partial charge in [0.25, 0.3) is 17.4 Å². The Bertz CT molecular complexity index is 1310. The molecule has 3 aromatic rings. The molecule has 7 nitrogen and oxygen atoms in total. The van der Waals surface area contributed by atoms with E-state index in [2.05, 4.69) is 25.9 Å². The second-order valence-electron chi connectivity index (χ2n) is 8.69. The van der Waals surface area contributed by atoms with Gasteiger partial charge in [-0.2, -0.15) is 0 Å². The van der Waals surface area contributed by atoms with E-state index >= 15 is 0 Å². The van der Waals surface area contributed by atoms with Crippen molar-refractivity contribution in [2.24, 2.45) is 0 Å². The first-order valence-corrected chi connectivity index (χ1v) is 12.3. The number of piperazine rings is 1. The van der Waals surface area contributed by atoms with Crippen molar-refractivity contribution in [1.82, 2.24) is 19.8 Å². The molecular weight excluding hydrogens is 492 g/mol. The molecule has 1 spiro atoms. The number of rotatable bonds is 2. The third kappa shape index (κ3) is 3.38. The molecule has 1 saturated carbocycles. The molecule has 0 atom stereocenters. The van der Waals surface area contributed by atoms with Crippen molar-refractivity contribution >= 4 is 50.0 Å². The minimum atomic E-state index is -0.321. The van der Waals surface area contributed by atoms with Gasteiger partial charge >= 0.3 is 0 Å². The van der Waals surface area contributed by atoms with Crippen molar-refractivity contribution in [3.8, 4) is 0 Å². The van der Waals surface area contributed by atoms with Gasteiger partial charge < -0.3 is 14.8 Å². The summed E-state index contributed by atoms with van der Waals surface area (Å²) in [5.74, 6) is 0.491. The van der Waals surface area contributed by atoms with Crippen LogP contribution in [0.4, 0.5) is 0 Å². The summed E-state index contributed by atoms with van der Waals surface area (Å²) in [5, 5.41) is 2.37. The van der Waals surface area contributed by atoms with Crippen molar-refractivity contribution in [2.45, 2.75) is 38.6 Å². The molecule has 1 aliphatic heterocycles. The van der Waals surface area contributed by atoms with Crippen LogP contribution in [-0.4, -0.2) is 56.8 Å². The number of halogens is 1. The lowest BCUT2D eigenvalue weighted by Gasteiger charge is -2.55. The first-order valence-electron chi connectivity index (χ1n) is 10.6. The fourth-order valence-electron chi connectivity index (χ4n) is 4.80. The summed E-state index contributed by atoms with van der Waals surface area (Å²) in [5.41, 5.74) is 2.22. The average Bonchev–Trinajstić information content (AvgIpc) is 3.08. The summed E-state index contributed by atoms with van der Waals surface area (Å²) >= 11 is 5.03. The van der Waals surface area contributed by atoms with Crippen LogP contribution in [0.2, 0.25) is 0 Å². The van der Waals surface area contributed by atoms with Crippen molar-refractivity contribution < 1.29 is 9.59 Å². The molecular formula is C23H23BrN4O3S. The molecule has 0 radical (unpaired) electrons. The third-order valence-electron chi connectivity index (χ3n) is 6.75. The Labute approximate surface area is 197 Å². The molecule has 0 unspecified atom stereocenters. The Morgan fingerprint density at radius 2 is 1.97 bits per heavy atom.